The fourth-order valence-electron chi connectivity index (χ4n) is 2.86. The highest BCUT2D eigenvalue weighted by Gasteiger charge is 2.23. The largest absolute Gasteiger partial charge is 0.373 e. The van der Waals surface area contributed by atoms with Crippen molar-refractivity contribution in [2.45, 2.75) is 31.8 Å². The SMILES string of the molecule is C[C@@H](N)c1cc(F)ccc1N(C)CC1CCCN1C. The van der Waals surface area contributed by atoms with Crippen molar-refractivity contribution in [3.8, 4) is 0 Å². The fraction of sp³-hybridized carbons (Fsp3) is 0.600. The summed E-state index contributed by atoms with van der Waals surface area (Å²) in [4.78, 5) is 4.59. The standard InChI is InChI=1S/C15H24FN3/c1-11(17)14-9-12(16)6-7-15(14)19(3)10-13-5-4-8-18(13)2/h6-7,9,11,13H,4-5,8,10,17H2,1-3H3/t11-,13?/m1/s1. The Hall–Kier alpha value is -1.13. The highest BCUT2D eigenvalue weighted by atomic mass is 19.1. The number of hydrogen-bond donors (Lipinski definition) is 1. The topological polar surface area (TPSA) is 32.5 Å². The second-order valence-electron chi connectivity index (χ2n) is 5.65. The van der Waals surface area contributed by atoms with Gasteiger partial charge in [0.15, 0.2) is 0 Å². The molecule has 1 aromatic rings. The molecule has 2 N–H and O–H groups in total. The van der Waals surface area contributed by atoms with Crippen LogP contribution in [0.15, 0.2) is 18.2 Å². The summed E-state index contributed by atoms with van der Waals surface area (Å²) in [5.41, 5.74) is 7.87. The summed E-state index contributed by atoms with van der Waals surface area (Å²) in [6.07, 6.45) is 2.49. The lowest BCUT2D eigenvalue weighted by molar-refractivity contribution is 0.314. The van der Waals surface area contributed by atoms with Crippen LogP contribution in [0.5, 0.6) is 0 Å². The zero-order valence-electron chi connectivity index (χ0n) is 12.1. The third-order valence-electron chi connectivity index (χ3n) is 4.05. The minimum Gasteiger partial charge on any atom is -0.373 e. The van der Waals surface area contributed by atoms with Crippen LogP contribution in [0.3, 0.4) is 0 Å². The molecule has 1 fully saturated rings. The minimum atomic E-state index is -0.220. The Bertz CT molecular complexity index is 433. The molecule has 1 unspecified atom stereocenters. The molecule has 19 heavy (non-hydrogen) atoms. The summed E-state index contributed by atoms with van der Waals surface area (Å²) in [7, 11) is 4.23. The maximum absolute atomic E-state index is 13.4. The Morgan fingerprint density at radius 3 is 2.84 bits per heavy atom. The Morgan fingerprint density at radius 2 is 2.26 bits per heavy atom. The highest BCUT2D eigenvalue weighted by Crippen LogP contribution is 2.27. The van der Waals surface area contributed by atoms with Crippen molar-refractivity contribution >= 4 is 5.69 Å². The number of hydrogen-bond acceptors (Lipinski definition) is 3. The average molecular weight is 265 g/mol. The average Bonchev–Trinajstić information content (AvgIpc) is 2.74. The van der Waals surface area contributed by atoms with E-state index in [-0.39, 0.29) is 11.9 Å². The summed E-state index contributed by atoms with van der Waals surface area (Å²) < 4.78 is 13.4. The molecule has 2 rings (SSSR count). The summed E-state index contributed by atoms with van der Waals surface area (Å²) in [5, 5.41) is 0. The molecule has 0 radical (unpaired) electrons. The van der Waals surface area contributed by atoms with Crippen LogP contribution >= 0.6 is 0 Å². The number of benzene rings is 1. The van der Waals surface area contributed by atoms with Gasteiger partial charge in [-0.1, -0.05) is 0 Å². The molecule has 1 aliphatic rings. The quantitative estimate of drug-likeness (QED) is 0.907. The van der Waals surface area contributed by atoms with E-state index in [1.54, 1.807) is 6.07 Å². The Morgan fingerprint density at radius 1 is 1.53 bits per heavy atom. The molecule has 0 aromatic heterocycles. The highest BCUT2D eigenvalue weighted by molar-refractivity contribution is 5.54. The van der Waals surface area contributed by atoms with Crippen molar-refractivity contribution < 1.29 is 4.39 Å². The van der Waals surface area contributed by atoms with E-state index >= 15 is 0 Å². The Labute approximate surface area is 115 Å². The lowest BCUT2D eigenvalue weighted by Crippen LogP contribution is -2.37. The summed E-state index contributed by atoms with van der Waals surface area (Å²) in [6.45, 7) is 4.03. The molecule has 0 amide bonds. The zero-order valence-corrected chi connectivity index (χ0v) is 12.1. The molecule has 106 valence electrons. The van der Waals surface area contributed by atoms with E-state index in [1.807, 2.05) is 13.0 Å². The number of nitrogens with zero attached hydrogens (tertiary/aromatic N) is 2. The lowest BCUT2D eigenvalue weighted by Gasteiger charge is -2.29. The molecule has 0 spiro atoms. The van der Waals surface area contributed by atoms with Crippen LogP contribution < -0.4 is 10.6 Å². The van der Waals surface area contributed by atoms with Gasteiger partial charge in [-0.3, -0.25) is 0 Å². The van der Waals surface area contributed by atoms with Crippen molar-refractivity contribution in [1.82, 2.24) is 4.90 Å². The van der Waals surface area contributed by atoms with Gasteiger partial charge in [0, 0.05) is 31.4 Å². The van der Waals surface area contributed by atoms with Crippen LogP contribution in [0.2, 0.25) is 0 Å². The number of rotatable bonds is 4. The maximum atomic E-state index is 13.4. The van der Waals surface area contributed by atoms with E-state index in [1.165, 1.54) is 25.5 Å². The van der Waals surface area contributed by atoms with Crippen molar-refractivity contribution in [3.63, 3.8) is 0 Å². The third kappa shape index (κ3) is 3.25. The first kappa shape index (κ1) is 14.3. The molecule has 0 aliphatic carbocycles. The fourth-order valence-corrected chi connectivity index (χ4v) is 2.86. The van der Waals surface area contributed by atoms with E-state index in [2.05, 4.69) is 23.9 Å². The van der Waals surface area contributed by atoms with E-state index in [4.69, 9.17) is 5.73 Å². The first-order valence-electron chi connectivity index (χ1n) is 6.95. The van der Waals surface area contributed by atoms with Gasteiger partial charge in [-0.15, -0.1) is 0 Å². The second kappa shape index (κ2) is 5.88. The molecule has 0 saturated carbocycles. The van der Waals surface area contributed by atoms with Gasteiger partial charge in [0.05, 0.1) is 0 Å². The lowest BCUT2D eigenvalue weighted by atomic mass is 10.1. The molecule has 1 aliphatic heterocycles. The van der Waals surface area contributed by atoms with Gasteiger partial charge in [-0.05, 0) is 57.1 Å². The molecule has 2 atom stereocenters. The molecular weight excluding hydrogens is 241 g/mol. The molecule has 1 heterocycles. The van der Waals surface area contributed by atoms with Gasteiger partial charge >= 0.3 is 0 Å². The van der Waals surface area contributed by atoms with Gasteiger partial charge < -0.3 is 15.5 Å². The van der Waals surface area contributed by atoms with Gasteiger partial charge in [-0.25, -0.2) is 4.39 Å². The van der Waals surface area contributed by atoms with E-state index in [0.717, 1.165) is 17.8 Å². The van der Waals surface area contributed by atoms with Crippen LogP contribution in [0.1, 0.15) is 31.4 Å². The summed E-state index contributed by atoms with van der Waals surface area (Å²) >= 11 is 0. The number of nitrogens with two attached hydrogens (primary N) is 1. The molecule has 1 aromatic carbocycles. The van der Waals surface area contributed by atoms with E-state index in [0.29, 0.717) is 6.04 Å². The van der Waals surface area contributed by atoms with Gasteiger partial charge in [0.25, 0.3) is 0 Å². The van der Waals surface area contributed by atoms with Crippen LogP contribution in [-0.4, -0.2) is 38.1 Å². The van der Waals surface area contributed by atoms with Crippen LogP contribution in [0.4, 0.5) is 10.1 Å². The smallest absolute Gasteiger partial charge is 0.123 e. The van der Waals surface area contributed by atoms with Crippen LogP contribution in [0, 0.1) is 5.82 Å². The second-order valence-corrected chi connectivity index (χ2v) is 5.65. The normalized spacial score (nSPS) is 21.6. The number of halogens is 1. The van der Waals surface area contributed by atoms with Gasteiger partial charge in [0.2, 0.25) is 0 Å². The van der Waals surface area contributed by atoms with Gasteiger partial charge in [0.1, 0.15) is 5.82 Å². The van der Waals surface area contributed by atoms with E-state index in [9.17, 15) is 4.39 Å². The maximum Gasteiger partial charge on any atom is 0.123 e. The predicted octanol–water partition coefficient (Wildman–Crippen LogP) is 2.38. The zero-order chi connectivity index (χ0) is 14.0. The summed E-state index contributed by atoms with van der Waals surface area (Å²) in [5.74, 6) is -0.220. The Balaban J connectivity index is 2.16. The minimum absolute atomic E-state index is 0.158. The number of likely N-dealkylation sites (tertiary alicyclic amines) is 1. The first-order valence-corrected chi connectivity index (χ1v) is 6.95. The van der Waals surface area contributed by atoms with Crippen molar-refractivity contribution in [2.24, 2.45) is 5.73 Å². The van der Waals surface area contributed by atoms with Crippen LogP contribution in [0.25, 0.3) is 0 Å². The van der Waals surface area contributed by atoms with Crippen molar-refractivity contribution in [3.05, 3.63) is 29.6 Å². The molecule has 0 bridgehead atoms. The first-order chi connectivity index (χ1) is 8.99. The van der Waals surface area contributed by atoms with Gasteiger partial charge in [-0.2, -0.15) is 0 Å². The Kier molecular flexibility index (Phi) is 4.42. The van der Waals surface area contributed by atoms with Crippen molar-refractivity contribution in [2.75, 3.05) is 32.1 Å². The number of anilines is 1. The molecule has 1 saturated heterocycles. The molecular formula is C15H24FN3. The molecule has 3 nitrogen and oxygen atoms in total. The van der Waals surface area contributed by atoms with Crippen molar-refractivity contribution in [1.29, 1.82) is 0 Å². The predicted molar refractivity (Wildman–Crippen MR) is 77.9 cm³/mol. The van der Waals surface area contributed by atoms with E-state index < -0.39 is 0 Å². The van der Waals surface area contributed by atoms with Crippen LogP contribution in [-0.2, 0) is 0 Å². The third-order valence-corrected chi connectivity index (χ3v) is 4.05. The monoisotopic (exact) mass is 265 g/mol. The summed E-state index contributed by atoms with van der Waals surface area (Å²) in [6, 6.07) is 5.32. The molecule has 4 heteroatoms. The number of likely N-dealkylation sites (N-methyl/N-ethyl adjacent to an activating group) is 2.